The molecule has 102 valence electrons. The third-order valence-electron chi connectivity index (χ3n) is 3.50. The lowest BCUT2D eigenvalue weighted by Gasteiger charge is -2.28. The summed E-state index contributed by atoms with van der Waals surface area (Å²) in [5, 5.41) is 0. The van der Waals surface area contributed by atoms with Gasteiger partial charge in [-0.3, -0.25) is 9.78 Å². The van der Waals surface area contributed by atoms with Gasteiger partial charge in [0.15, 0.2) is 0 Å². The van der Waals surface area contributed by atoms with Crippen LogP contribution in [0.1, 0.15) is 21.6 Å². The summed E-state index contributed by atoms with van der Waals surface area (Å²) >= 11 is 0. The minimum Gasteiger partial charge on any atom is -0.396 e. The standard InChI is InChI=1S/C15H14FN3O/c16-12-8-10(3-4-13(12)17)15(20)19-7-5-14-11(9-19)2-1-6-18-14/h1-4,6,8H,5,7,9,17H2. The van der Waals surface area contributed by atoms with Crippen molar-refractivity contribution in [2.75, 3.05) is 12.3 Å². The third-order valence-corrected chi connectivity index (χ3v) is 3.50. The third kappa shape index (κ3) is 2.22. The molecule has 0 saturated carbocycles. The van der Waals surface area contributed by atoms with E-state index in [1.165, 1.54) is 12.1 Å². The molecule has 0 saturated heterocycles. The molecule has 0 fully saturated rings. The van der Waals surface area contributed by atoms with Gasteiger partial charge in [0, 0.05) is 37.0 Å². The smallest absolute Gasteiger partial charge is 0.254 e. The fraction of sp³-hybridized carbons (Fsp3) is 0.200. The van der Waals surface area contributed by atoms with Crippen molar-refractivity contribution in [2.24, 2.45) is 0 Å². The van der Waals surface area contributed by atoms with Crippen molar-refractivity contribution >= 4 is 11.6 Å². The number of carbonyl (C=O) groups is 1. The Morgan fingerprint density at radius 1 is 1.35 bits per heavy atom. The average Bonchev–Trinajstić information content (AvgIpc) is 2.49. The minimum atomic E-state index is -0.560. The number of nitrogens with two attached hydrogens (primary N) is 1. The number of carbonyl (C=O) groups excluding carboxylic acids is 1. The molecule has 1 aromatic heterocycles. The fourth-order valence-electron chi connectivity index (χ4n) is 2.38. The zero-order valence-corrected chi connectivity index (χ0v) is 10.8. The van der Waals surface area contributed by atoms with E-state index < -0.39 is 5.82 Å². The summed E-state index contributed by atoms with van der Waals surface area (Å²) in [7, 11) is 0. The second kappa shape index (κ2) is 4.92. The van der Waals surface area contributed by atoms with Crippen LogP contribution in [0.25, 0.3) is 0 Å². The maximum atomic E-state index is 13.4. The van der Waals surface area contributed by atoms with E-state index in [1.54, 1.807) is 17.2 Å². The van der Waals surface area contributed by atoms with Gasteiger partial charge in [-0.25, -0.2) is 4.39 Å². The van der Waals surface area contributed by atoms with Gasteiger partial charge in [-0.15, -0.1) is 0 Å². The molecule has 0 aliphatic carbocycles. The number of amides is 1. The minimum absolute atomic E-state index is 0.0507. The zero-order valence-electron chi connectivity index (χ0n) is 10.8. The lowest BCUT2D eigenvalue weighted by Crippen LogP contribution is -2.36. The summed E-state index contributed by atoms with van der Waals surface area (Å²) in [6, 6.07) is 7.99. The Labute approximate surface area is 116 Å². The van der Waals surface area contributed by atoms with Gasteiger partial charge in [0.25, 0.3) is 5.91 Å². The van der Waals surface area contributed by atoms with Crippen molar-refractivity contribution in [3.8, 4) is 0 Å². The van der Waals surface area contributed by atoms with E-state index in [4.69, 9.17) is 5.73 Å². The lowest BCUT2D eigenvalue weighted by atomic mass is 10.0. The highest BCUT2D eigenvalue weighted by Gasteiger charge is 2.22. The van der Waals surface area contributed by atoms with Gasteiger partial charge in [-0.2, -0.15) is 0 Å². The summed E-state index contributed by atoms with van der Waals surface area (Å²) in [5.41, 5.74) is 7.87. The van der Waals surface area contributed by atoms with E-state index in [0.717, 1.165) is 17.7 Å². The van der Waals surface area contributed by atoms with Gasteiger partial charge >= 0.3 is 0 Å². The normalized spacial score (nSPS) is 13.9. The molecule has 1 aromatic carbocycles. The number of hydrogen-bond acceptors (Lipinski definition) is 3. The number of pyridine rings is 1. The zero-order chi connectivity index (χ0) is 14.1. The summed E-state index contributed by atoms with van der Waals surface area (Å²) < 4.78 is 13.4. The first-order chi connectivity index (χ1) is 9.65. The largest absolute Gasteiger partial charge is 0.396 e. The molecule has 5 heteroatoms. The van der Waals surface area contributed by atoms with Crippen LogP contribution in [-0.2, 0) is 13.0 Å². The second-order valence-corrected chi connectivity index (χ2v) is 4.82. The number of hydrogen-bond donors (Lipinski definition) is 1. The molecule has 2 aromatic rings. The number of aromatic nitrogens is 1. The number of fused-ring (bicyclic) bond motifs is 1. The predicted octanol–water partition coefficient (Wildman–Crippen LogP) is 2.00. The van der Waals surface area contributed by atoms with Crippen LogP contribution in [0.15, 0.2) is 36.5 Å². The second-order valence-electron chi connectivity index (χ2n) is 4.82. The summed E-state index contributed by atoms with van der Waals surface area (Å²) in [5.74, 6) is -0.742. The van der Waals surface area contributed by atoms with Crippen molar-refractivity contribution in [1.29, 1.82) is 0 Å². The quantitative estimate of drug-likeness (QED) is 0.807. The van der Waals surface area contributed by atoms with Gasteiger partial charge < -0.3 is 10.6 Å². The van der Waals surface area contributed by atoms with E-state index in [2.05, 4.69) is 4.98 Å². The van der Waals surface area contributed by atoms with Gasteiger partial charge in [0.1, 0.15) is 5.82 Å². The molecular formula is C15H14FN3O. The fourth-order valence-corrected chi connectivity index (χ4v) is 2.38. The van der Waals surface area contributed by atoms with E-state index in [-0.39, 0.29) is 11.6 Å². The molecule has 3 rings (SSSR count). The number of nitrogens with zero attached hydrogens (tertiary/aromatic N) is 2. The number of halogens is 1. The molecule has 2 heterocycles. The molecule has 1 aliphatic heterocycles. The van der Waals surface area contributed by atoms with Crippen LogP contribution < -0.4 is 5.73 Å². The number of anilines is 1. The van der Waals surface area contributed by atoms with E-state index in [1.807, 2.05) is 12.1 Å². The SMILES string of the molecule is Nc1ccc(C(=O)N2CCc3ncccc3C2)cc1F. The molecule has 0 radical (unpaired) electrons. The van der Waals surface area contributed by atoms with Crippen molar-refractivity contribution in [3.05, 3.63) is 59.2 Å². The van der Waals surface area contributed by atoms with Crippen LogP contribution in [0.4, 0.5) is 10.1 Å². The van der Waals surface area contributed by atoms with Gasteiger partial charge in [0.2, 0.25) is 0 Å². The number of rotatable bonds is 1. The Morgan fingerprint density at radius 3 is 3.00 bits per heavy atom. The molecule has 2 N–H and O–H groups in total. The maximum Gasteiger partial charge on any atom is 0.254 e. The molecular weight excluding hydrogens is 257 g/mol. The maximum absolute atomic E-state index is 13.4. The summed E-state index contributed by atoms with van der Waals surface area (Å²) in [6.45, 7) is 1.10. The Morgan fingerprint density at radius 2 is 2.20 bits per heavy atom. The van der Waals surface area contributed by atoms with E-state index in [0.29, 0.717) is 18.7 Å². The Balaban J connectivity index is 1.84. The molecule has 4 nitrogen and oxygen atoms in total. The first kappa shape index (κ1) is 12.6. The number of nitrogen functional groups attached to an aromatic ring is 1. The van der Waals surface area contributed by atoms with Crippen LogP contribution in [0.5, 0.6) is 0 Å². The van der Waals surface area contributed by atoms with Gasteiger partial charge in [-0.1, -0.05) is 6.07 Å². The van der Waals surface area contributed by atoms with E-state index >= 15 is 0 Å². The highest BCUT2D eigenvalue weighted by atomic mass is 19.1. The topological polar surface area (TPSA) is 59.2 Å². The van der Waals surface area contributed by atoms with Crippen LogP contribution in [0, 0.1) is 5.82 Å². The summed E-state index contributed by atoms with van der Waals surface area (Å²) in [6.07, 6.45) is 2.48. The van der Waals surface area contributed by atoms with Crippen LogP contribution in [0.2, 0.25) is 0 Å². The highest BCUT2D eigenvalue weighted by molar-refractivity contribution is 5.94. The molecule has 0 bridgehead atoms. The van der Waals surface area contributed by atoms with Crippen LogP contribution >= 0.6 is 0 Å². The molecule has 0 unspecified atom stereocenters. The predicted molar refractivity (Wildman–Crippen MR) is 73.5 cm³/mol. The Bertz CT molecular complexity index is 672. The molecule has 1 aliphatic rings. The van der Waals surface area contributed by atoms with Gasteiger partial charge in [-0.05, 0) is 29.8 Å². The lowest BCUT2D eigenvalue weighted by molar-refractivity contribution is 0.0733. The first-order valence-corrected chi connectivity index (χ1v) is 6.42. The Kier molecular flexibility index (Phi) is 3.10. The monoisotopic (exact) mass is 271 g/mol. The van der Waals surface area contributed by atoms with Crippen molar-refractivity contribution in [1.82, 2.24) is 9.88 Å². The molecule has 0 spiro atoms. The number of benzene rings is 1. The molecule has 0 atom stereocenters. The van der Waals surface area contributed by atoms with Crippen LogP contribution in [-0.4, -0.2) is 22.3 Å². The molecule has 1 amide bonds. The van der Waals surface area contributed by atoms with Crippen molar-refractivity contribution < 1.29 is 9.18 Å². The highest BCUT2D eigenvalue weighted by Crippen LogP contribution is 2.20. The van der Waals surface area contributed by atoms with E-state index in [9.17, 15) is 9.18 Å². The van der Waals surface area contributed by atoms with Gasteiger partial charge in [0.05, 0.1) is 5.69 Å². The molecule has 20 heavy (non-hydrogen) atoms. The summed E-state index contributed by atoms with van der Waals surface area (Å²) in [4.78, 5) is 18.4. The first-order valence-electron chi connectivity index (χ1n) is 6.42. The Hall–Kier alpha value is -2.43. The van der Waals surface area contributed by atoms with Crippen molar-refractivity contribution in [3.63, 3.8) is 0 Å². The average molecular weight is 271 g/mol. The van der Waals surface area contributed by atoms with Crippen molar-refractivity contribution in [2.45, 2.75) is 13.0 Å². The van der Waals surface area contributed by atoms with Crippen LogP contribution in [0.3, 0.4) is 0 Å².